The molecule has 4 nitrogen and oxygen atoms in total. The molecule has 0 radical (unpaired) electrons. The van der Waals surface area contributed by atoms with Gasteiger partial charge in [0.2, 0.25) is 0 Å². The number of carboxylic acid groups (broad SMARTS) is 1. The number of rotatable bonds is 7. The Morgan fingerprint density at radius 3 is 2.66 bits per heavy atom. The van der Waals surface area contributed by atoms with Gasteiger partial charge in [-0.25, -0.2) is 0 Å². The molecule has 0 saturated heterocycles. The van der Waals surface area contributed by atoms with Crippen LogP contribution >= 0.6 is 0 Å². The van der Waals surface area contributed by atoms with E-state index in [2.05, 4.69) is 4.98 Å². The summed E-state index contributed by atoms with van der Waals surface area (Å²) in [5.41, 5.74) is 3.29. The van der Waals surface area contributed by atoms with Crippen LogP contribution in [0.5, 0.6) is 5.75 Å². The number of nitrogens with one attached hydrogen (secondary N) is 1. The van der Waals surface area contributed by atoms with Crippen molar-refractivity contribution in [3.05, 3.63) is 64.3 Å². The summed E-state index contributed by atoms with van der Waals surface area (Å²) < 4.78 is 46.5. The summed E-state index contributed by atoms with van der Waals surface area (Å²) in [5.74, 6) is 0.126. The number of aryl methyl sites for hydroxylation is 1. The van der Waals surface area contributed by atoms with Gasteiger partial charge in [-0.05, 0) is 79.0 Å². The lowest BCUT2D eigenvalue weighted by molar-refractivity contribution is -0.138. The topological polar surface area (TPSA) is 62.3 Å². The summed E-state index contributed by atoms with van der Waals surface area (Å²) in [7, 11) is 0. The van der Waals surface area contributed by atoms with E-state index in [-0.39, 0.29) is 18.9 Å². The molecule has 2 aliphatic carbocycles. The number of alkyl halides is 3. The molecule has 0 aliphatic heterocycles. The van der Waals surface area contributed by atoms with E-state index in [0.717, 1.165) is 47.8 Å². The first-order valence-electron chi connectivity index (χ1n) is 11.0. The third kappa shape index (κ3) is 4.20. The van der Waals surface area contributed by atoms with Crippen molar-refractivity contribution in [1.29, 1.82) is 0 Å². The zero-order valence-electron chi connectivity index (χ0n) is 17.5. The second kappa shape index (κ2) is 7.87. The lowest BCUT2D eigenvalue weighted by Gasteiger charge is -2.15. The molecule has 3 aromatic rings. The van der Waals surface area contributed by atoms with Crippen molar-refractivity contribution in [2.45, 2.75) is 57.2 Å². The Morgan fingerprint density at radius 1 is 1.12 bits per heavy atom. The lowest BCUT2D eigenvalue weighted by Crippen LogP contribution is -2.11. The molecule has 32 heavy (non-hydrogen) atoms. The van der Waals surface area contributed by atoms with Crippen LogP contribution in [0.3, 0.4) is 0 Å². The Labute approximate surface area is 183 Å². The Balaban J connectivity index is 1.34. The zero-order valence-corrected chi connectivity index (χ0v) is 17.5. The summed E-state index contributed by atoms with van der Waals surface area (Å²) in [6.45, 7) is 0.0482. The summed E-state index contributed by atoms with van der Waals surface area (Å²) in [6, 6.07) is 10.1. The molecule has 1 fully saturated rings. The van der Waals surface area contributed by atoms with E-state index in [0.29, 0.717) is 29.2 Å². The first-order chi connectivity index (χ1) is 15.3. The molecule has 1 unspecified atom stereocenters. The Kier molecular flexibility index (Phi) is 5.14. The number of carbonyl (C=O) groups is 1. The van der Waals surface area contributed by atoms with Gasteiger partial charge in [0.1, 0.15) is 12.4 Å². The smallest absolute Gasteiger partial charge is 0.416 e. The number of H-pyrrole nitrogens is 1. The average Bonchev–Trinajstić information content (AvgIpc) is 3.36. The molecule has 0 amide bonds. The van der Waals surface area contributed by atoms with E-state index in [1.54, 1.807) is 18.2 Å². The molecule has 2 aromatic carbocycles. The number of benzene rings is 2. The van der Waals surface area contributed by atoms with Crippen LogP contribution in [0.25, 0.3) is 10.9 Å². The predicted molar refractivity (Wildman–Crippen MR) is 114 cm³/mol. The maximum absolute atomic E-state index is 13.6. The third-order valence-electron chi connectivity index (χ3n) is 6.57. The normalized spacial score (nSPS) is 18.2. The minimum Gasteiger partial charge on any atom is -0.489 e. The molecular formula is C25H24F3NO3. The van der Waals surface area contributed by atoms with Crippen LogP contribution in [0.2, 0.25) is 0 Å². The van der Waals surface area contributed by atoms with E-state index in [1.807, 2.05) is 12.1 Å². The Morgan fingerprint density at radius 2 is 1.94 bits per heavy atom. The SMILES string of the molecule is O=C(O)CC1CCc2c1[nH]c1ccc(OCc3ccc(CC4CC4)c(C(F)(F)F)c3)cc21. The minimum atomic E-state index is -4.38. The van der Waals surface area contributed by atoms with Crippen LogP contribution in [-0.4, -0.2) is 16.1 Å². The lowest BCUT2D eigenvalue weighted by atomic mass is 9.99. The van der Waals surface area contributed by atoms with E-state index in [4.69, 9.17) is 9.84 Å². The van der Waals surface area contributed by atoms with Crippen molar-refractivity contribution >= 4 is 16.9 Å². The van der Waals surface area contributed by atoms with Gasteiger partial charge in [0.05, 0.1) is 12.0 Å². The highest BCUT2D eigenvalue weighted by Gasteiger charge is 2.35. The van der Waals surface area contributed by atoms with Crippen molar-refractivity contribution in [1.82, 2.24) is 4.98 Å². The number of ether oxygens (including phenoxy) is 1. The van der Waals surface area contributed by atoms with Crippen LogP contribution < -0.4 is 4.74 Å². The number of hydrogen-bond donors (Lipinski definition) is 2. The van der Waals surface area contributed by atoms with Crippen LogP contribution in [0.15, 0.2) is 36.4 Å². The van der Waals surface area contributed by atoms with Gasteiger partial charge in [0, 0.05) is 22.5 Å². The fourth-order valence-electron chi connectivity index (χ4n) is 4.79. The number of aromatic nitrogens is 1. The molecule has 1 atom stereocenters. The Hall–Kier alpha value is -2.96. The first-order valence-corrected chi connectivity index (χ1v) is 11.0. The molecule has 1 saturated carbocycles. The summed E-state index contributed by atoms with van der Waals surface area (Å²) in [4.78, 5) is 14.5. The zero-order chi connectivity index (χ0) is 22.5. The molecule has 0 bridgehead atoms. The first kappa shape index (κ1) is 20.9. The highest BCUT2D eigenvalue weighted by molar-refractivity contribution is 5.87. The highest BCUT2D eigenvalue weighted by atomic mass is 19.4. The molecule has 7 heteroatoms. The highest BCUT2D eigenvalue weighted by Crippen LogP contribution is 2.41. The van der Waals surface area contributed by atoms with Crippen LogP contribution in [0.1, 0.15) is 59.5 Å². The van der Waals surface area contributed by atoms with Gasteiger partial charge in [-0.1, -0.05) is 12.1 Å². The van der Waals surface area contributed by atoms with Crippen molar-refractivity contribution < 1.29 is 27.8 Å². The number of hydrogen-bond acceptors (Lipinski definition) is 2. The second-order valence-corrected chi connectivity index (χ2v) is 8.98. The second-order valence-electron chi connectivity index (χ2n) is 8.98. The van der Waals surface area contributed by atoms with Crippen LogP contribution in [0.4, 0.5) is 13.2 Å². The maximum atomic E-state index is 13.6. The average molecular weight is 443 g/mol. The molecule has 5 rings (SSSR count). The Bertz CT molecular complexity index is 1180. The van der Waals surface area contributed by atoms with Gasteiger partial charge in [0.15, 0.2) is 0 Å². The summed E-state index contributed by atoms with van der Waals surface area (Å²) >= 11 is 0. The fourth-order valence-corrected chi connectivity index (χ4v) is 4.79. The number of carboxylic acids is 1. The van der Waals surface area contributed by atoms with Gasteiger partial charge in [-0.3, -0.25) is 4.79 Å². The number of aromatic amines is 1. The monoisotopic (exact) mass is 443 g/mol. The molecule has 2 N–H and O–H groups in total. The summed E-state index contributed by atoms with van der Waals surface area (Å²) in [6.07, 6.45) is -0.196. The van der Waals surface area contributed by atoms with Crippen molar-refractivity contribution in [2.24, 2.45) is 5.92 Å². The van der Waals surface area contributed by atoms with Crippen molar-refractivity contribution in [3.63, 3.8) is 0 Å². The molecular weight excluding hydrogens is 419 g/mol. The third-order valence-corrected chi connectivity index (χ3v) is 6.57. The van der Waals surface area contributed by atoms with Gasteiger partial charge in [0.25, 0.3) is 0 Å². The molecule has 1 heterocycles. The van der Waals surface area contributed by atoms with E-state index in [1.165, 1.54) is 6.07 Å². The molecule has 1 aromatic heterocycles. The number of aliphatic carboxylic acids is 1. The van der Waals surface area contributed by atoms with Crippen molar-refractivity contribution in [2.75, 3.05) is 0 Å². The molecule has 168 valence electrons. The van der Waals surface area contributed by atoms with Gasteiger partial charge in [-0.2, -0.15) is 13.2 Å². The van der Waals surface area contributed by atoms with Crippen LogP contribution in [0, 0.1) is 5.92 Å². The van der Waals surface area contributed by atoms with Gasteiger partial charge in [-0.15, -0.1) is 0 Å². The van der Waals surface area contributed by atoms with E-state index in [9.17, 15) is 18.0 Å². The maximum Gasteiger partial charge on any atom is 0.416 e. The number of halogens is 3. The summed E-state index contributed by atoms with van der Waals surface area (Å²) in [5, 5.41) is 10.1. The predicted octanol–water partition coefficient (Wildman–Crippen LogP) is 6.22. The van der Waals surface area contributed by atoms with Crippen LogP contribution in [-0.2, 0) is 30.4 Å². The van der Waals surface area contributed by atoms with Gasteiger partial charge >= 0.3 is 12.1 Å². The van der Waals surface area contributed by atoms with E-state index < -0.39 is 17.7 Å². The minimum absolute atomic E-state index is 0.0192. The van der Waals surface area contributed by atoms with Crippen molar-refractivity contribution in [3.8, 4) is 5.75 Å². The van der Waals surface area contributed by atoms with Gasteiger partial charge < -0.3 is 14.8 Å². The standard InChI is InChI=1S/C25H24F3NO3/c26-25(27,28)21-10-15(3-4-16(21)9-14-1-2-14)13-32-18-6-8-22-20(12-18)19-7-5-17(11-23(30)31)24(19)29-22/h3-4,6,8,10,12,14,17,29H,1-2,5,7,9,11,13H2,(H,30,31). The van der Waals surface area contributed by atoms with E-state index >= 15 is 0 Å². The molecule has 0 spiro atoms. The molecule has 2 aliphatic rings. The largest absolute Gasteiger partial charge is 0.489 e. The quantitative estimate of drug-likeness (QED) is 0.456. The number of fused-ring (bicyclic) bond motifs is 3. The fraction of sp³-hybridized carbons (Fsp3) is 0.400.